The number of rotatable bonds is 9. The quantitative estimate of drug-likeness (QED) is 0.163. The van der Waals surface area contributed by atoms with E-state index in [1.54, 1.807) is 13.3 Å². The van der Waals surface area contributed by atoms with Crippen LogP contribution >= 0.6 is 0 Å². The van der Waals surface area contributed by atoms with E-state index < -0.39 is 11.6 Å². The molecule has 214 valence electrons. The van der Waals surface area contributed by atoms with Crippen LogP contribution in [0, 0.1) is 0 Å². The molecule has 0 saturated heterocycles. The summed E-state index contributed by atoms with van der Waals surface area (Å²) in [5, 5.41) is 2.15. The number of imidazole rings is 1. The van der Waals surface area contributed by atoms with Crippen LogP contribution in [0.25, 0.3) is 10.8 Å². The van der Waals surface area contributed by atoms with Crippen LogP contribution < -0.4 is 9.47 Å². The molecule has 7 rings (SSSR count). The number of hydrogen-bond donors (Lipinski definition) is 0. The maximum Gasteiger partial charge on any atom is 0.169 e. The molecule has 5 nitrogen and oxygen atoms in total. The monoisotopic (exact) mass is 573 g/mol. The maximum atomic E-state index is 6.75. The number of pyridine rings is 1. The van der Waals surface area contributed by atoms with Gasteiger partial charge in [0.25, 0.3) is 0 Å². The van der Waals surface area contributed by atoms with Crippen LogP contribution in [0.5, 0.6) is 11.5 Å². The van der Waals surface area contributed by atoms with Gasteiger partial charge in [-0.15, -0.1) is 0 Å². The van der Waals surface area contributed by atoms with Crippen molar-refractivity contribution in [3.8, 4) is 11.5 Å². The molecule has 1 unspecified atom stereocenters. The Bertz CT molecular complexity index is 1880. The average Bonchev–Trinajstić information content (AvgIpc) is 3.59. The third-order valence-corrected chi connectivity index (χ3v) is 8.09. The summed E-state index contributed by atoms with van der Waals surface area (Å²) in [6.07, 6.45) is 7.15. The van der Waals surface area contributed by atoms with Crippen LogP contribution in [0.3, 0.4) is 0 Å². The van der Waals surface area contributed by atoms with Crippen LogP contribution in [-0.2, 0) is 5.54 Å². The second-order valence-corrected chi connectivity index (χ2v) is 10.7. The number of benzene rings is 5. The summed E-state index contributed by atoms with van der Waals surface area (Å²) >= 11 is 0. The van der Waals surface area contributed by atoms with Gasteiger partial charge in [0.15, 0.2) is 6.10 Å². The normalized spacial score (nSPS) is 12.1. The first kappa shape index (κ1) is 27.2. The van der Waals surface area contributed by atoms with Crippen molar-refractivity contribution in [1.29, 1.82) is 0 Å². The topological polar surface area (TPSA) is 49.2 Å². The fourth-order valence-electron chi connectivity index (χ4n) is 6.01. The molecular weight excluding hydrogens is 542 g/mol. The van der Waals surface area contributed by atoms with Gasteiger partial charge in [-0.2, -0.15) is 0 Å². The van der Waals surface area contributed by atoms with Gasteiger partial charge >= 0.3 is 0 Å². The van der Waals surface area contributed by atoms with Crippen molar-refractivity contribution in [3.63, 3.8) is 0 Å². The molecule has 0 fully saturated rings. The van der Waals surface area contributed by atoms with Crippen molar-refractivity contribution in [2.75, 3.05) is 7.11 Å². The van der Waals surface area contributed by atoms with Gasteiger partial charge in [0.05, 0.1) is 13.4 Å². The summed E-state index contributed by atoms with van der Waals surface area (Å²) in [6.45, 7) is 0. The Hall–Kier alpha value is -5.68. The summed E-state index contributed by atoms with van der Waals surface area (Å²) in [6, 6.07) is 47.8. The van der Waals surface area contributed by atoms with Crippen molar-refractivity contribution in [1.82, 2.24) is 14.5 Å². The fraction of sp³-hybridized carbons (Fsp3) is 0.0769. The first-order valence-corrected chi connectivity index (χ1v) is 14.6. The van der Waals surface area contributed by atoms with Gasteiger partial charge in [-0.25, -0.2) is 4.98 Å². The summed E-state index contributed by atoms with van der Waals surface area (Å²) in [4.78, 5) is 9.42. The SMILES string of the molecule is COc1ccc2cc(OC(c3cccnc3)c3cn(C(c4ccccc4)(c4ccccc4)c4ccccc4)cn3)ccc2c1. The van der Waals surface area contributed by atoms with E-state index in [1.165, 1.54) is 0 Å². The Kier molecular flexibility index (Phi) is 7.35. The van der Waals surface area contributed by atoms with Crippen LogP contribution in [0.15, 0.2) is 164 Å². The molecular formula is C39H31N3O2. The fourth-order valence-corrected chi connectivity index (χ4v) is 6.01. The van der Waals surface area contributed by atoms with Gasteiger partial charge in [-0.1, -0.05) is 109 Å². The lowest BCUT2D eigenvalue weighted by Gasteiger charge is -2.37. The molecule has 0 aliphatic heterocycles. The molecule has 0 N–H and O–H groups in total. The van der Waals surface area contributed by atoms with E-state index in [2.05, 4.69) is 119 Å². The Morgan fingerprint density at radius 2 is 1.20 bits per heavy atom. The van der Waals surface area contributed by atoms with Gasteiger partial charge in [0.1, 0.15) is 22.7 Å². The summed E-state index contributed by atoms with van der Waals surface area (Å²) in [5.41, 5.74) is 4.41. The summed E-state index contributed by atoms with van der Waals surface area (Å²) in [7, 11) is 1.68. The molecule has 0 amide bonds. The molecule has 0 aliphatic carbocycles. The highest BCUT2D eigenvalue weighted by Crippen LogP contribution is 2.41. The van der Waals surface area contributed by atoms with Crippen LogP contribution in [0.4, 0.5) is 0 Å². The summed E-state index contributed by atoms with van der Waals surface area (Å²) in [5.74, 6) is 1.56. The molecule has 7 aromatic rings. The average molecular weight is 574 g/mol. The molecule has 0 spiro atoms. The van der Waals surface area contributed by atoms with E-state index in [0.29, 0.717) is 0 Å². The molecule has 0 bridgehead atoms. The van der Waals surface area contributed by atoms with Crippen molar-refractivity contribution in [2.24, 2.45) is 0 Å². The van der Waals surface area contributed by atoms with E-state index >= 15 is 0 Å². The number of aromatic nitrogens is 3. The van der Waals surface area contributed by atoms with E-state index in [1.807, 2.05) is 48.9 Å². The smallest absolute Gasteiger partial charge is 0.169 e. The third kappa shape index (κ3) is 4.99. The maximum absolute atomic E-state index is 6.75. The minimum absolute atomic E-state index is 0.485. The molecule has 0 radical (unpaired) electrons. The van der Waals surface area contributed by atoms with E-state index in [-0.39, 0.29) is 0 Å². The Labute approximate surface area is 257 Å². The van der Waals surface area contributed by atoms with Crippen molar-refractivity contribution in [2.45, 2.75) is 11.6 Å². The second kappa shape index (κ2) is 11.9. The second-order valence-electron chi connectivity index (χ2n) is 10.7. The van der Waals surface area contributed by atoms with Gasteiger partial charge in [-0.05, 0) is 57.8 Å². The van der Waals surface area contributed by atoms with Crippen LogP contribution in [0.1, 0.15) is 34.1 Å². The lowest BCUT2D eigenvalue weighted by Crippen LogP contribution is -2.37. The van der Waals surface area contributed by atoms with Crippen molar-refractivity contribution >= 4 is 10.8 Å². The first-order chi connectivity index (χ1) is 21.8. The minimum atomic E-state index is -0.670. The molecule has 5 aromatic carbocycles. The van der Waals surface area contributed by atoms with Crippen molar-refractivity contribution < 1.29 is 9.47 Å². The molecule has 5 heteroatoms. The highest BCUT2D eigenvalue weighted by Gasteiger charge is 2.39. The van der Waals surface area contributed by atoms with Gasteiger partial charge < -0.3 is 14.0 Å². The molecule has 2 heterocycles. The van der Waals surface area contributed by atoms with Crippen LogP contribution in [-0.4, -0.2) is 21.6 Å². The lowest BCUT2D eigenvalue weighted by molar-refractivity contribution is 0.242. The molecule has 2 aromatic heterocycles. The van der Waals surface area contributed by atoms with E-state index in [4.69, 9.17) is 14.5 Å². The Balaban J connectivity index is 1.38. The molecule has 44 heavy (non-hydrogen) atoms. The number of methoxy groups -OCH3 is 1. The summed E-state index contributed by atoms with van der Waals surface area (Å²) < 4.78 is 14.4. The number of ether oxygens (including phenoxy) is 2. The van der Waals surface area contributed by atoms with Gasteiger partial charge in [0.2, 0.25) is 0 Å². The van der Waals surface area contributed by atoms with E-state index in [9.17, 15) is 0 Å². The predicted octanol–water partition coefficient (Wildman–Crippen LogP) is 8.45. The Morgan fingerprint density at radius 1 is 0.636 bits per heavy atom. The minimum Gasteiger partial charge on any atom is -0.497 e. The number of nitrogens with zero attached hydrogens (tertiary/aromatic N) is 3. The zero-order valence-corrected chi connectivity index (χ0v) is 24.3. The largest absolute Gasteiger partial charge is 0.497 e. The third-order valence-electron chi connectivity index (χ3n) is 8.09. The predicted molar refractivity (Wildman–Crippen MR) is 174 cm³/mol. The highest BCUT2D eigenvalue weighted by atomic mass is 16.5. The highest BCUT2D eigenvalue weighted by molar-refractivity contribution is 5.85. The van der Waals surface area contributed by atoms with E-state index in [0.717, 1.165) is 50.2 Å². The van der Waals surface area contributed by atoms with Crippen LogP contribution in [0.2, 0.25) is 0 Å². The van der Waals surface area contributed by atoms with Gasteiger partial charge in [-0.3, -0.25) is 4.98 Å². The zero-order chi connectivity index (χ0) is 29.8. The lowest BCUT2D eigenvalue weighted by atomic mass is 9.77. The Morgan fingerprint density at radius 3 is 1.75 bits per heavy atom. The zero-order valence-electron chi connectivity index (χ0n) is 24.3. The van der Waals surface area contributed by atoms with Crippen molar-refractivity contribution in [3.05, 3.63) is 192 Å². The van der Waals surface area contributed by atoms with Gasteiger partial charge in [0, 0.05) is 24.2 Å². The molecule has 0 saturated carbocycles. The first-order valence-electron chi connectivity index (χ1n) is 14.6. The number of fused-ring (bicyclic) bond motifs is 1. The number of hydrogen-bond acceptors (Lipinski definition) is 4. The molecule has 0 aliphatic rings. The standard InChI is InChI=1S/C39H31N3O2/c1-43-35-21-19-30-25-36(22-20-29(30)24-35)44-38(31-12-11-23-40-26-31)37-27-42(28-41-37)39(32-13-5-2-6-14-32,33-15-7-3-8-16-33)34-17-9-4-10-18-34/h2-28,38H,1H3. The molecule has 1 atom stereocenters.